The van der Waals surface area contributed by atoms with Crippen molar-refractivity contribution in [3.05, 3.63) is 34.6 Å². The number of halogens is 3. The van der Waals surface area contributed by atoms with Crippen LogP contribution in [0.25, 0.3) is 0 Å². The summed E-state index contributed by atoms with van der Waals surface area (Å²) >= 11 is 8.97. The van der Waals surface area contributed by atoms with Crippen LogP contribution in [-0.2, 0) is 6.42 Å². The lowest BCUT2D eigenvalue weighted by atomic mass is 10.1. The monoisotopic (exact) mass is 250 g/mol. The van der Waals surface area contributed by atoms with Crippen LogP contribution < -0.4 is 0 Å². The van der Waals surface area contributed by atoms with E-state index < -0.39 is 0 Å². The molecule has 0 N–H and O–H groups in total. The van der Waals surface area contributed by atoms with Crippen LogP contribution in [0.15, 0.2) is 18.2 Å². The highest BCUT2D eigenvalue weighted by molar-refractivity contribution is 9.09. The first-order valence-corrected chi connectivity index (χ1v) is 4.97. The van der Waals surface area contributed by atoms with Crippen LogP contribution in [0.2, 0.25) is 5.02 Å². The average molecular weight is 252 g/mol. The van der Waals surface area contributed by atoms with Gasteiger partial charge in [0.25, 0.3) is 0 Å². The molecule has 0 nitrogen and oxygen atoms in total. The molecule has 0 fully saturated rings. The molecular weight excluding hydrogens is 242 g/mol. The van der Waals surface area contributed by atoms with Crippen LogP contribution in [0, 0.1) is 5.82 Å². The average Bonchev–Trinajstić information content (AvgIpc) is 1.94. The van der Waals surface area contributed by atoms with Crippen molar-refractivity contribution >= 4 is 27.5 Å². The van der Waals surface area contributed by atoms with Gasteiger partial charge in [0.15, 0.2) is 0 Å². The lowest BCUT2D eigenvalue weighted by molar-refractivity contribution is 0.609. The summed E-state index contributed by atoms with van der Waals surface area (Å²) in [7, 11) is 0. The molecule has 0 bridgehead atoms. The summed E-state index contributed by atoms with van der Waals surface area (Å²) in [6.45, 7) is 1.98. The number of benzene rings is 1. The fourth-order valence-electron chi connectivity index (χ4n) is 0.990. The first-order valence-electron chi connectivity index (χ1n) is 3.67. The molecule has 3 heteroatoms. The molecule has 1 aromatic carbocycles. The van der Waals surface area contributed by atoms with E-state index in [0.717, 1.165) is 0 Å². The summed E-state index contributed by atoms with van der Waals surface area (Å²) in [4.78, 5) is 0.285. The van der Waals surface area contributed by atoms with Crippen molar-refractivity contribution in [2.24, 2.45) is 0 Å². The smallest absolute Gasteiger partial charge is 0.127 e. The van der Waals surface area contributed by atoms with E-state index in [2.05, 4.69) is 15.9 Å². The van der Waals surface area contributed by atoms with Crippen LogP contribution in [0.1, 0.15) is 12.5 Å². The number of rotatable bonds is 2. The molecule has 1 unspecified atom stereocenters. The molecule has 66 valence electrons. The van der Waals surface area contributed by atoms with Crippen LogP contribution in [-0.4, -0.2) is 4.83 Å². The molecule has 1 rings (SSSR count). The van der Waals surface area contributed by atoms with Crippen molar-refractivity contribution < 1.29 is 4.39 Å². The Morgan fingerprint density at radius 2 is 2.25 bits per heavy atom. The third kappa shape index (κ3) is 2.76. The van der Waals surface area contributed by atoms with Gasteiger partial charge in [-0.05, 0) is 24.1 Å². The van der Waals surface area contributed by atoms with E-state index >= 15 is 0 Å². The topological polar surface area (TPSA) is 0 Å². The Morgan fingerprint density at radius 1 is 1.58 bits per heavy atom. The SMILES string of the molecule is CC(Br)Cc1ccc(Cl)cc1F. The molecule has 0 aliphatic heterocycles. The zero-order chi connectivity index (χ0) is 9.14. The summed E-state index contributed by atoms with van der Waals surface area (Å²) in [5, 5.41) is 0.443. The van der Waals surface area contributed by atoms with Gasteiger partial charge < -0.3 is 0 Å². The molecule has 0 aliphatic carbocycles. The minimum Gasteiger partial charge on any atom is -0.207 e. The molecule has 0 aromatic heterocycles. The first kappa shape index (κ1) is 10.0. The van der Waals surface area contributed by atoms with Crippen LogP contribution in [0.4, 0.5) is 4.39 Å². The Labute approximate surface area is 84.9 Å². The van der Waals surface area contributed by atoms with Gasteiger partial charge in [-0.25, -0.2) is 4.39 Å². The van der Waals surface area contributed by atoms with E-state index in [1.165, 1.54) is 6.07 Å². The number of hydrogen-bond donors (Lipinski definition) is 0. The van der Waals surface area contributed by atoms with Crippen LogP contribution in [0.5, 0.6) is 0 Å². The fraction of sp³-hybridized carbons (Fsp3) is 0.333. The van der Waals surface area contributed by atoms with Crippen molar-refractivity contribution in [1.82, 2.24) is 0 Å². The molecule has 1 atom stereocenters. The van der Waals surface area contributed by atoms with Gasteiger partial charge in [0, 0.05) is 9.85 Å². The van der Waals surface area contributed by atoms with Crippen LogP contribution >= 0.6 is 27.5 Å². The predicted molar refractivity (Wildman–Crippen MR) is 53.5 cm³/mol. The van der Waals surface area contributed by atoms with Gasteiger partial charge in [0.1, 0.15) is 5.82 Å². The van der Waals surface area contributed by atoms with Gasteiger partial charge in [-0.3, -0.25) is 0 Å². The maximum atomic E-state index is 13.1. The lowest BCUT2D eigenvalue weighted by Gasteiger charge is -2.04. The molecular formula is C9H9BrClF. The van der Waals surface area contributed by atoms with E-state index in [1.807, 2.05) is 6.92 Å². The zero-order valence-electron chi connectivity index (χ0n) is 6.65. The predicted octanol–water partition coefficient (Wildman–Crippen LogP) is 3.81. The Hall–Kier alpha value is -0.0800. The Bertz CT molecular complexity index is 273. The summed E-state index contributed by atoms with van der Waals surface area (Å²) in [5.41, 5.74) is 0.698. The van der Waals surface area contributed by atoms with E-state index in [9.17, 15) is 4.39 Å². The summed E-state index contributed by atoms with van der Waals surface area (Å²) in [5.74, 6) is -0.228. The molecule has 0 heterocycles. The lowest BCUT2D eigenvalue weighted by Crippen LogP contribution is -1.98. The van der Waals surface area contributed by atoms with Gasteiger partial charge >= 0.3 is 0 Å². The summed E-state index contributed by atoms with van der Waals surface area (Å²) < 4.78 is 13.1. The van der Waals surface area contributed by atoms with Gasteiger partial charge in [-0.2, -0.15) is 0 Å². The molecule has 12 heavy (non-hydrogen) atoms. The molecule has 0 spiro atoms. The van der Waals surface area contributed by atoms with Gasteiger partial charge in [-0.1, -0.05) is 40.5 Å². The first-order chi connectivity index (χ1) is 5.59. The van der Waals surface area contributed by atoms with Gasteiger partial charge in [0.05, 0.1) is 0 Å². The largest absolute Gasteiger partial charge is 0.207 e. The normalized spacial score (nSPS) is 13.0. The maximum absolute atomic E-state index is 13.1. The third-order valence-corrected chi connectivity index (χ3v) is 2.08. The Balaban J connectivity index is 2.86. The zero-order valence-corrected chi connectivity index (χ0v) is 8.99. The Kier molecular flexibility index (Phi) is 3.53. The van der Waals surface area contributed by atoms with E-state index in [0.29, 0.717) is 17.0 Å². The van der Waals surface area contributed by atoms with Crippen molar-refractivity contribution in [2.75, 3.05) is 0 Å². The second-order valence-corrected chi connectivity index (χ2v) is 4.72. The molecule has 0 saturated heterocycles. The van der Waals surface area contributed by atoms with Gasteiger partial charge in [-0.15, -0.1) is 0 Å². The second kappa shape index (κ2) is 4.24. The fourth-order valence-corrected chi connectivity index (χ4v) is 1.50. The maximum Gasteiger partial charge on any atom is 0.127 e. The number of alkyl halides is 1. The van der Waals surface area contributed by atoms with Crippen molar-refractivity contribution in [1.29, 1.82) is 0 Å². The second-order valence-electron chi connectivity index (χ2n) is 2.72. The highest BCUT2D eigenvalue weighted by atomic mass is 79.9. The standard InChI is InChI=1S/C9H9BrClF/c1-6(10)4-7-2-3-8(11)5-9(7)12/h2-3,5-6H,4H2,1H3. The molecule has 0 radical (unpaired) electrons. The van der Waals surface area contributed by atoms with Gasteiger partial charge in [0.2, 0.25) is 0 Å². The van der Waals surface area contributed by atoms with E-state index in [4.69, 9.17) is 11.6 Å². The van der Waals surface area contributed by atoms with Crippen molar-refractivity contribution in [3.63, 3.8) is 0 Å². The molecule has 0 saturated carbocycles. The highest BCUT2D eigenvalue weighted by Crippen LogP contribution is 2.17. The highest BCUT2D eigenvalue weighted by Gasteiger charge is 2.05. The quantitative estimate of drug-likeness (QED) is 0.701. The molecule has 0 amide bonds. The van der Waals surface area contributed by atoms with Crippen molar-refractivity contribution in [3.8, 4) is 0 Å². The minimum absolute atomic E-state index is 0.228. The third-order valence-electron chi connectivity index (χ3n) is 1.52. The molecule has 1 aromatic rings. The van der Waals surface area contributed by atoms with Crippen LogP contribution in [0.3, 0.4) is 0 Å². The summed E-state index contributed by atoms with van der Waals surface area (Å²) in [6.07, 6.45) is 0.684. The number of hydrogen-bond acceptors (Lipinski definition) is 0. The van der Waals surface area contributed by atoms with E-state index in [-0.39, 0.29) is 10.6 Å². The summed E-state index contributed by atoms with van der Waals surface area (Å²) in [6, 6.07) is 4.76. The van der Waals surface area contributed by atoms with E-state index in [1.54, 1.807) is 12.1 Å². The van der Waals surface area contributed by atoms with Crippen molar-refractivity contribution in [2.45, 2.75) is 18.2 Å². The molecule has 0 aliphatic rings. The Morgan fingerprint density at radius 3 is 2.75 bits per heavy atom. The minimum atomic E-state index is -0.228.